The maximum atomic E-state index is 12.8. The second-order valence-electron chi connectivity index (χ2n) is 4.92. The Balaban J connectivity index is 1.88. The van der Waals surface area contributed by atoms with E-state index in [0.29, 0.717) is 0 Å². The molecule has 1 heterocycles. The minimum absolute atomic E-state index is 0.233. The van der Waals surface area contributed by atoms with Gasteiger partial charge in [0.1, 0.15) is 5.82 Å². The average Bonchev–Trinajstić information content (AvgIpc) is 2.42. The molecule has 98 valence electrons. The maximum absolute atomic E-state index is 12.8. The van der Waals surface area contributed by atoms with Crippen molar-refractivity contribution in [2.24, 2.45) is 5.92 Å². The van der Waals surface area contributed by atoms with Gasteiger partial charge in [0.25, 0.3) is 0 Å². The monoisotopic (exact) mass is 248 g/mol. The fourth-order valence-electron chi connectivity index (χ4n) is 2.40. The topological polar surface area (TPSA) is 24.9 Å². The molecule has 1 aromatic heterocycles. The van der Waals surface area contributed by atoms with Gasteiger partial charge in [0.15, 0.2) is 0 Å². The second kappa shape index (κ2) is 6.64. The van der Waals surface area contributed by atoms with E-state index in [9.17, 15) is 4.39 Å². The summed E-state index contributed by atoms with van der Waals surface area (Å²) in [6.45, 7) is 3.14. The predicted octanol–water partition coefficient (Wildman–Crippen LogP) is 3.62. The number of nitrogens with one attached hydrogen (secondary N) is 1. The molecule has 2 nitrogen and oxygen atoms in total. The summed E-state index contributed by atoms with van der Waals surface area (Å²) < 4.78 is 12.8. The Morgan fingerprint density at radius 3 is 2.94 bits per heavy atom. The van der Waals surface area contributed by atoms with Crippen LogP contribution < -0.4 is 5.32 Å². The molecule has 0 aromatic carbocycles. The first-order valence-electron chi connectivity index (χ1n) is 6.79. The van der Waals surface area contributed by atoms with Crippen LogP contribution >= 0.6 is 0 Å². The van der Waals surface area contributed by atoms with E-state index in [1.165, 1.54) is 31.5 Å². The molecule has 1 aliphatic carbocycles. The van der Waals surface area contributed by atoms with E-state index in [1.54, 1.807) is 6.07 Å². The van der Waals surface area contributed by atoms with Crippen LogP contribution in [0.4, 0.5) is 4.39 Å². The van der Waals surface area contributed by atoms with E-state index in [0.717, 1.165) is 24.6 Å². The Morgan fingerprint density at radius 1 is 1.44 bits per heavy atom. The lowest BCUT2D eigenvalue weighted by molar-refractivity contribution is 0.397. The quantitative estimate of drug-likeness (QED) is 0.805. The van der Waals surface area contributed by atoms with E-state index >= 15 is 0 Å². The highest BCUT2D eigenvalue weighted by Gasteiger charge is 2.14. The molecule has 0 spiro atoms. The molecule has 1 N–H and O–H groups in total. The van der Waals surface area contributed by atoms with Crippen LogP contribution in [0.1, 0.15) is 44.3 Å². The standard InChI is InChI=1S/C15H21FN2/c1-2-14(15-9-8-13(16)11-18-15)17-10-12-6-4-3-5-7-12/h3-4,8-9,11-12,14,17H,2,5-7,10H2,1H3. The molecule has 18 heavy (non-hydrogen) atoms. The fourth-order valence-corrected chi connectivity index (χ4v) is 2.40. The van der Waals surface area contributed by atoms with Crippen molar-refractivity contribution >= 4 is 0 Å². The summed E-state index contributed by atoms with van der Waals surface area (Å²) in [4.78, 5) is 4.16. The molecule has 0 radical (unpaired) electrons. The Labute approximate surface area is 108 Å². The molecule has 3 heteroatoms. The van der Waals surface area contributed by atoms with E-state index < -0.39 is 0 Å². The van der Waals surface area contributed by atoms with Crippen molar-refractivity contribution in [2.45, 2.75) is 38.6 Å². The van der Waals surface area contributed by atoms with Crippen LogP contribution in [-0.2, 0) is 0 Å². The lowest BCUT2D eigenvalue weighted by Crippen LogP contribution is -2.28. The number of halogens is 1. The van der Waals surface area contributed by atoms with Crippen molar-refractivity contribution in [1.82, 2.24) is 10.3 Å². The molecule has 0 saturated carbocycles. The highest BCUT2D eigenvalue weighted by molar-refractivity contribution is 5.09. The fraction of sp³-hybridized carbons (Fsp3) is 0.533. The van der Waals surface area contributed by atoms with Crippen LogP contribution in [0.5, 0.6) is 0 Å². The van der Waals surface area contributed by atoms with Gasteiger partial charge in [-0.15, -0.1) is 0 Å². The zero-order valence-corrected chi connectivity index (χ0v) is 10.9. The zero-order valence-electron chi connectivity index (χ0n) is 10.9. The van der Waals surface area contributed by atoms with Crippen LogP contribution in [0.3, 0.4) is 0 Å². The number of nitrogens with zero attached hydrogens (tertiary/aromatic N) is 1. The van der Waals surface area contributed by atoms with Crippen molar-refractivity contribution in [3.63, 3.8) is 0 Å². The van der Waals surface area contributed by atoms with Gasteiger partial charge in [0.2, 0.25) is 0 Å². The molecule has 1 aromatic rings. The molecule has 1 aliphatic rings. The second-order valence-corrected chi connectivity index (χ2v) is 4.92. The van der Waals surface area contributed by atoms with Gasteiger partial charge >= 0.3 is 0 Å². The van der Waals surface area contributed by atoms with Gasteiger partial charge in [-0.2, -0.15) is 0 Å². The highest BCUT2D eigenvalue weighted by atomic mass is 19.1. The number of allylic oxidation sites excluding steroid dienone is 2. The summed E-state index contributed by atoms with van der Waals surface area (Å²) in [6.07, 6.45) is 10.4. The van der Waals surface area contributed by atoms with Crippen molar-refractivity contribution in [1.29, 1.82) is 0 Å². The maximum Gasteiger partial charge on any atom is 0.141 e. The lowest BCUT2D eigenvalue weighted by Gasteiger charge is -2.22. The zero-order chi connectivity index (χ0) is 12.8. The number of pyridine rings is 1. The van der Waals surface area contributed by atoms with Crippen LogP contribution in [0.2, 0.25) is 0 Å². The molecular weight excluding hydrogens is 227 g/mol. The van der Waals surface area contributed by atoms with Gasteiger partial charge in [0.05, 0.1) is 11.9 Å². The summed E-state index contributed by atoms with van der Waals surface area (Å²) in [5.41, 5.74) is 0.935. The summed E-state index contributed by atoms with van der Waals surface area (Å²) in [5, 5.41) is 3.56. The van der Waals surface area contributed by atoms with Gasteiger partial charge in [-0.25, -0.2) is 4.39 Å². The molecule has 2 unspecified atom stereocenters. The third-order valence-electron chi connectivity index (χ3n) is 3.55. The van der Waals surface area contributed by atoms with Crippen LogP contribution in [0.15, 0.2) is 30.5 Å². The Morgan fingerprint density at radius 2 is 2.33 bits per heavy atom. The van der Waals surface area contributed by atoms with Crippen LogP contribution in [-0.4, -0.2) is 11.5 Å². The van der Waals surface area contributed by atoms with Gasteiger partial charge in [-0.1, -0.05) is 19.1 Å². The third kappa shape index (κ3) is 3.64. The average molecular weight is 248 g/mol. The lowest BCUT2D eigenvalue weighted by atomic mass is 9.94. The number of hydrogen-bond acceptors (Lipinski definition) is 2. The highest BCUT2D eigenvalue weighted by Crippen LogP contribution is 2.20. The minimum atomic E-state index is -0.272. The molecule has 0 aliphatic heterocycles. The smallest absolute Gasteiger partial charge is 0.141 e. The summed E-state index contributed by atoms with van der Waals surface area (Å²) in [5.74, 6) is 0.454. The van der Waals surface area contributed by atoms with E-state index in [1.807, 2.05) is 0 Å². The molecule has 0 saturated heterocycles. The van der Waals surface area contributed by atoms with E-state index in [2.05, 4.69) is 29.4 Å². The van der Waals surface area contributed by atoms with Gasteiger partial charge in [-0.3, -0.25) is 4.98 Å². The minimum Gasteiger partial charge on any atom is -0.308 e. The summed E-state index contributed by atoms with van der Waals surface area (Å²) in [7, 11) is 0. The number of rotatable bonds is 5. The van der Waals surface area contributed by atoms with Gasteiger partial charge in [0, 0.05) is 6.04 Å². The summed E-state index contributed by atoms with van der Waals surface area (Å²) in [6, 6.07) is 3.49. The summed E-state index contributed by atoms with van der Waals surface area (Å²) >= 11 is 0. The number of aromatic nitrogens is 1. The molecular formula is C15H21FN2. The number of hydrogen-bond donors (Lipinski definition) is 1. The van der Waals surface area contributed by atoms with Crippen molar-refractivity contribution in [3.8, 4) is 0 Å². The normalized spacial score (nSPS) is 20.9. The Hall–Kier alpha value is -1.22. The van der Waals surface area contributed by atoms with Gasteiger partial charge in [-0.05, 0) is 50.3 Å². The first-order chi connectivity index (χ1) is 8.79. The van der Waals surface area contributed by atoms with Gasteiger partial charge < -0.3 is 5.32 Å². The first-order valence-corrected chi connectivity index (χ1v) is 6.79. The van der Waals surface area contributed by atoms with Crippen molar-refractivity contribution < 1.29 is 4.39 Å². The van der Waals surface area contributed by atoms with Crippen molar-refractivity contribution in [3.05, 3.63) is 42.0 Å². The molecule has 2 rings (SSSR count). The Kier molecular flexibility index (Phi) is 4.88. The van der Waals surface area contributed by atoms with Crippen LogP contribution in [0, 0.1) is 11.7 Å². The predicted molar refractivity (Wildman–Crippen MR) is 71.7 cm³/mol. The largest absolute Gasteiger partial charge is 0.308 e. The Bertz CT molecular complexity index is 386. The van der Waals surface area contributed by atoms with Crippen LogP contribution in [0.25, 0.3) is 0 Å². The molecule has 2 atom stereocenters. The molecule has 0 amide bonds. The first kappa shape index (κ1) is 13.2. The molecule has 0 bridgehead atoms. The SMILES string of the molecule is CCC(NCC1CC=CCC1)c1ccc(F)cn1. The molecule has 0 fully saturated rings. The van der Waals surface area contributed by atoms with E-state index in [-0.39, 0.29) is 11.9 Å². The third-order valence-corrected chi connectivity index (χ3v) is 3.55. The van der Waals surface area contributed by atoms with E-state index in [4.69, 9.17) is 0 Å². The van der Waals surface area contributed by atoms with Crippen molar-refractivity contribution in [2.75, 3.05) is 6.54 Å².